The molecule has 0 bridgehead atoms. The first-order valence-electron chi connectivity index (χ1n) is 9.56. The summed E-state index contributed by atoms with van der Waals surface area (Å²) in [7, 11) is 0. The van der Waals surface area contributed by atoms with E-state index in [1.165, 1.54) is 6.07 Å². The summed E-state index contributed by atoms with van der Waals surface area (Å²) in [6.07, 6.45) is 4.61. The predicted molar refractivity (Wildman–Crippen MR) is 120 cm³/mol. The van der Waals surface area contributed by atoms with Gasteiger partial charge in [0.2, 0.25) is 0 Å². The zero-order valence-electron chi connectivity index (χ0n) is 16.4. The number of anilines is 2. The normalized spacial score (nSPS) is 11.2. The number of aryl methyl sites for hydroxylation is 1. The van der Waals surface area contributed by atoms with Gasteiger partial charge in [0.25, 0.3) is 5.91 Å². The number of halogens is 1. The van der Waals surface area contributed by atoms with Gasteiger partial charge in [-0.05, 0) is 48.9 Å². The number of fused-ring (bicyclic) bond motifs is 2. The number of nitrogens with one attached hydrogen (secondary N) is 3. The molecule has 5 aromatic rings. The molecule has 154 valence electrons. The fourth-order valence-electron chi connectivity index (χ4n) is 3.42. The lowest BCUT2D eigenvalue weighted by Crippen LogP contribution is -2.16. The molecule has 4 aromatic heterocycles. The van der Waals surface area contributed by atoms with Gasteiger partial charge in [-0.2, -0.15) is 0 Å². The maximum absolute atomic E-state index is 13.9. The molecule has 0 aliphatic heterocycles. The number of aromatic nitrogens is 4. The van der Waals surface area contributed by atoms with E-state index in [2.05, 4.69) is 30.6 Å². The first kappa shape index (κ1) is 19.1. The van der Waals surface area contributed by atoms with Crippen LogP contribution in [0, 0.1) is 12.7 Å². The van der Waals surface area contributed by atoms with Crippen molar-refractivity contribution in [1.29, 1.82) is 0 Å². The quantitative estimate of drug-likeness (QED) is 0.368. The van der Waals surface area contributed by atoms with E-state index >= 15 is 0 Å². The third-order valence-electron chi connectivity index (χ3n) is 4.85. The fourth-order valence-corrected chi connectivity index (χ4v) is 4.23. The molecule has 0 spiro atoms. The van der Waals surface area contributed by atoms with Crippen molar-refractivity contribution in [3.05, 3.63) is 76.9 Å². The van der Waals surface area contributed by atoms with Crippen LogP contribution in [-0.2, 0) is 6.54 Å². The number of nitrogens with zero attached hydrogens (tertiary/aromatic N) is 3. The first-order chi connectivity index (χ1) is 15.1. The molecule has 0 unspecified atom stereocenters. The van der Waals surface area contributed by atoms with Crippen molar-refractivity contribution in [3.63, 3.8) is 0 Å². The lowest BCUT2D eigenvalue weighted by Gasteiger charge is -2.12. The minimum absolute atomic E-state index is 0.119. The van der Waals surface area contributed by atoms with Crippen molar-refractivity contribution in [2.75, 3.05) is 10.6 Å². The molecule has 0 aliphatic rings. The summed E-state index contributed by atoms with van der Waals surface area (Å²) in [4.78, 5) is 28.8. The van der Waals surface area contributed by atoms with E-state index in [1.54, 1.807) is 29.7 Å². The number of H-pyrrole nitrogens is 1. The van der Waals surface area contributed by atoms with Crippen LogP contribution in [0.2, 0.25) is 0 Å². The molecule has 7 nitrogen and oxygen atoms in total. The van der Waals surface area contributed by atoms with E-state index in [-0.39, 0.29) is 5.56 Å². The molecule has 1 amide bonds. The van der Waals surface area contributed by atoms with Crippen LogP contribution in [0.3, 0.4) is 0 Å². The van der Waals surface area contributed by atoms with Crippen molar-refractivity contribution < 1.29 is 9.18 Å². The topological polar surface area (TPSA) is 95.6 Å². The molecule has 0 saturated carbocycles. The van der Waals surface area contributed by atoms with E-state index in [0.29, 0.717) is 18.1 Å². The largest absolute Gasteiger partial charge is 0.365 e. The maximum Gasteiger partial charge on any atom is 0.259 e. The predicted octanol–water partition coefficient (Wildman–Crippen LogP) is 4.88. The Bertz CT molecular complexity index is 1430. The van der Waals surface area contributed by atoms with E-state index in [0.717, 1.165) is 38.0 Å². The summed E-state index contributed by atoms with van der Waals surface area (Å²) in [6.45, 7) is 2.34. The number of hydrogen-bond donors (Lipinski definition) is 3. The summed E-state index contributed by atoms with van der Waals surface area (Å²) in [5.74, 6) is -0.745. The number of amides is 1. The van der Waals surface area contributed by atoms with Crippen LogP contribution in [0.1, 0.15) is 20.9 Å². The summed E-state index contributed by atoms with van der Waals surface area (Å²) < 4.78 is 14.9. The molecule has 0 saturated heterocycles. The van der Waals surface area contributed by atoms with Gasteiger partial charge in [0.1, 0.15) is 17.3 Å². The van der Waals surface area contributed by atoms with Crippen LogP contribution < -0.4 is 10.6 Å². The summed E-state index contributed by atoms with van der Waals surface area (Å²) in [5.41, 5.74) is 3.27. The van der Waals surface area contributed by atoms with E-state index in [9.17, 15) is 9.18 Å². The van der Waals surface area contributed by atoms with Crippen molar-refractivity contribution in [2.45, 2.75) is 13.5 Å². The number of rotatable bonds is 5. The minimum Gasteiger partial charge on any atom is -0.365 e. The van der Waals surface area contributed by atoms with Gasteiger partial charge < -0.3 is 15.6 Å². The zero-order chi connectivity index (χ0) is 21.4. The summed E-state index contributed by atoms with van der Waals surface area (Å²) >= 11 is 1.59. The Balaban J connectivity index is 1.39. The summed E-state index contributed by atoms with van der Waals surface area (Å²) in [5, 5.41) is 7.88. The number of benzene rings is 1. The molecular formula is C22H17FN6OS. The van der Waals surface area contributed by atoms with Crippen LogP contribution in [-0.4, -0.2) is 25.8 Å². The van der Waals surface area contributed by atoms with Crippen molar-refractivity contribution in [3.8, 4) is 0 Å². The number of hydrogen-bond acceptors (Lipinski definition) is 6. The number of thiazole rings is 1. The highest BCUT2D eigenvalue weighted by Crippen LogP contribution is 2.25. The molecular weight excluding hydrogens is 415 g/mol. The van der Waals surface area contributed by atoms with Gasteiger partial charge in [0, 0.05) is 30.0 Å². The molecule has 31 heavy (non-hydrogen) atoms. The van der Waals surface area contributed by atoms with E-state index in [4.69, 9.17) is 0 Å². The van der Waals surface area contributed by atoms with Crippen molar-refractivity contribution in [2.24, 2.45) is 0 Å². The Morgan fingerprint density at radius 1 is 1.19 bits per heavy atom. The Morgan fingerprint density at radius 3 is 3.00 bits per heavy atom. The summed E-state index contributed by atoms with van der Waals surface area (Å²) in [6, 6.07) is 10.5. The average Bonchev–Trinajstić information content (AvgIpc) is 3.38. The Labute approximate surface area is 180 Å². The van der Waals surface area contributed by atoms with Gasteiger partial charge in [-0.25, -0.2) is 19.3 Å². The zero-order valence-corrected chi connectivity index (χ0v) is 17.3. The standard InChI is InChI=1S/C22H17FN6OS/c1-12-28-18-9-15(2-3-19(18)31-12)29-22(30)17-8-14(23)11-27-21(17)26-10-13-4-6-24-20-16(13)5-7-25-20/h2-9,11H,10H2,1H3,(H,24,25)(H,26,27)(H,29,30). The molecule has 9 heteroatoms. The van der Waals surface area contributed by atoms with Crippen LogP contribution in [0.25, 0.3) is 21.3 Å². The van der Waals surface area contributed by atoms with Gasteiger partial charge in [0.05, 0.1) is 27.0 Å². The van der Waals surface area contributed by atoms with Gasteiger partial charge in [-0.1, -0.05) is 0 Å². The van der Waals surface area contributed by atoms with E-state index in [1.807, 2.05) is 31.3 Å². The van der Waals surface area contributed by atoms with Gasteiger partial charge in [-0.15, -0.1) is 11.3 Å². The highest BCUT2D eigenvalue weighted by molar-refractivity contribution is 7.18. The lowest BCUT2D eigenvalue weighted by atomic mass is 10.1. The second-order valence-electron chi connectivity index (χ2n) is 6.98. The average molecular weight is 432 g/mol. The molecule has 3 N–H and O–H groups in total. The lowest BCUT2D eigenvalue weighted by molar-refractivity contribution is 0.102. The third-order valence-corrected chi connectivity index (χ3v) is 5.80. The smallest absolute Gasteiger partial charge is 0.259 e. The van der Waals surface area contributed by atoms with Crippen LogP contribution in [0.4, 0.5) is 15.9 Å². The van der Waals surface area contributed by atoms with Gasteiger partial charge >= 0.3 is 0 Å². The number of aromatic amines is 1. The fraction of sp³-hybridized carbons (Fsp3) is 0.0909. The van der Waals surface area contributed by atoms with Crippen LogP contribution >= 0.6 is 11.3 Å². The maximum atomic E-state index is 13.9. The van der Waals surface area contributed by atoms with Crippen molar-refractivity contribution in [1.82, 2.24) is 19.9 Å². The SMILES string of the molecule is Cc1nc2cc(NC(=O)c3cc(F)cnc3NCc3ccnc4[nH]ccc34)ccc2s1. The van der Waals surface area contributed by atoms with Crippen molar-refractivity contribution >= 4 is 50.0 Å². The molecule has 0 fully saturated rings. The molecule has 0 radical (unpaired) electrons. The molecule has 1 aromatic carbocycles. The monoisotopic (exact) mass is 432 g/mol. The van der Waals surface area contributed by atoms with Gasteiger partial charge in [-0.3, -0.25) is 4.79 Å². The minimum atomic E-state index is -0.585. The Kier molecular flexibility index (Phi) is 4.79. The highest BCUT2D eigenvalue weighted by Gasteiger charge is 2.16. The molecule has 0 aliphatic carbocycles. The second-order valence-corrected chi connectivity index (χ2v) is 8.22. The Morgan fingerprint density at radius 2 is 2.10 bits per heavy atom. The first-order valence-corrected chi connectivity index (χ1v) is 10.4. The molecule has 4 heterocycles. The number of carbonyl (C=O) groups is 1. The van der Waals surface area contributed by atoms with Gasteiger partial charge in [0.15, 0.2) is 0 Å². The Hall–Kier alpha value is -3.85. The third kappa shape index (κ3) is 3.82. The van der Waals surface area contributed by atoms with Crippen LogP contribution in [0.5, 0.6) is 0 Å². The van der Waals surface area contributed by atoms with E-state index < -0.39 is 11.7 Å². The highest BCUT2D eigenvalue weighted by atomic mass is 32.1. The molecule has 5 rings (SSSR count). The second kappa shape index (κ2) is 7.77. The molecule has 0 atom stereocenters. The van der Waals surface area contributed by atoms with Crippen LogP contribution in [0.15, 0.2) is 55.0 Å². The number of carbonyl (C=O) groups excluding carboxylic acids is 1. The number of pyridine rings is 2.